The molecule has 1 aromatic rings. The van der Waals surface area contributed by atoms with Gasteiger partial charge in [-0.25, -0.2) is 4.79 Å². The molecule has 0 aromatic heterocycles. The summed E-state index contributed by atoms with van der Waals surface area (Å²) in [4.78, 5) is 16.0. The van der Waals surface area contributed by atoms with Crippen LogP contribution in [0.25, 0.3) is 0 Å². The lowest BCUT2D eigenvalue weighted by atomic mass is 10.2. The van der Waals surface area contributed by atoms with Gasteiger partial charge in [0.25, 0.3) is 0 Å². The number of nitrogens with zero attached hydrogens (tertiary/aromatic N) is 2. The first-order valence-corrected chi connectivity index (χ1v) is 7.46. The van der Waals surface area contributed by atoms with Crippen molar-refractivity contribution in [2.75, 3.05) is 44.7 Å². The number of esters is 1. The van der Waals surface area contributed by atoms with E-state index in [1.54, 1.807) is 6.92 Å². The van der Waals surface area contributed by atoms with Crippen LogP contribution in [0.3, 0.4) is 0 Å². The lowest BCUT2D eigenvalue weighted by molar-refractivity contribution is -0.136. The molecule has 114 valence electrons. The fourth-order valence-electron chi connectivity index (χ4n) is 2.37. The largest absolute Gasteiger partial charge is 0.466 e. The highest BCUT2D eigenvalue weighted by molar-refractivity contribution is 6.30. The van der Waals surface area contributed by atoms with Gasteiger partial charge in [-0.3, -0.25) is 4.90 Å². The van der Waals surface area contributed by atoms with Gasteiger partial charge in [-0.15, -0.1) is 0 Å². The summed E-state index contributed by atoms with van der Waals surface area (Å²) in [5.41, 5.74) is 1.83. The first-order valence-electron chi connectivity index (χ1n) is 7.08. The van der Waals surface area contributed by atoms with Crippen LogP contribution in [0.5, 0.6) is 0 Å². The van der Waals surface area contributed by atoms with Crippen molar-refractivity contribution in [2.24, 2.45) is 0 Å². The van der Waals surface area contributed by atoms with Crippen molar-refractivity contribution in [3.63, 3.8) is 0 Å². The van der Waals surface area contributed by atoms with E-state index in [0.717, 1.165) is 37.7 Å². The molecule has 0 N–H and O–H groups in total. The van der Waals surface area contributed by atoms with Crippen LogP contribution in [0, 0.1) is 0 Å². The normalized spacial score (nSPS) is 16.9. The van der Waals surface area contributed by atoms with Gasteiger partial charge in [-0.2, -0.15) is 0 Å². The van der Waals surface area contributed by atoms with E-state index >= 15 is 0 Å². The summed E-state index contributed by atoms with van der Waals surface area (Å²) in [6.45, 7) is 6.43. The topological polar surface area (TPSA) is 32.8 Å². The monoisotopic (exact) mass is 308 g/mol. The fourth-order valence-corrected chi connectivity index (χ4v) is 2.56. The summed E-state index contributed by atoms with van der Waals surface area (Å²) in [5.74, 6) is -0.257. The van der Waals surface area contributed by atoms with E-state index in [0.29, 0.717) is 5.57 Å². The lowest BCUT2D eigenvalue weighted by Gasteiger charge is -2.35. The third kappa shape index (κ3) is 4.48. The molecule has 21 heavy (non-hydrogen) atoms. The molecule has 0 bridgehead atoms. The quantitative estimate of drug-likeness (QED) is 0.632. The number of rotatable bonds is 4. The average Bonchev–Trinajstić information content (AvgIpc) is 2.52. The molecular formula is C16H21ClN2O2. The fraction of sp³-hybridized carbons (Fsp3) is 0.438. The number of ether oxygens (including phenoxy) is 1. The molecule has 2 rings (SSSR count). The number of carbonyl (C=O) groups excluding carboxylic acids is 1. The Hall–Kier alpha value is -1.52. The molecule has 1 fully saturated rings. The molecule has 5 heteroatoms. The Morgan fingerprint density at radius 3 is 2.67 bits per heavy atom. The first-order chi connectivity index (χ1) is 10.1. The van der Waals surface area contributed by atoms with Gasteiger partial charge in [-0.1, -0.05) is 23.7 Å². The molecule has 0 amide bonds. The maximum Gasteiger partial charge on any atom is 0.333 e. The van der Waals surface area contributed by atoms with Crippen molar-refractivity contribution in [1.82, 2.24) is 4.90 Å². The summed E-state index contributed by atoms with van der Waals surface area (Å²) >= 11 is 6.03. The number of benzene rings is 1. The molecule has 0 spiro atoms. The molecule has 1 aromatic carbocycles. The number of anilines is 1. The summed E-state index contributed by atoms with van der Waals surface area (Å²) in [7, 11) is 1.41. The van der Waals surface area contributed by atoms with Crippen LogP contribution in [0.4, 0.5) is 5.69 Å². The highest BCUT2D eigenvalue weighted by atomic mass is 35.5. The maximum atomic E-state index is 11.3. The van der Waals surface area contributed by atoms with Crippen LogP contribution >= 0.6 is 11.6 Å². The maximum absolute atomic E-state index is 11.3. The van der Waals surface area contributed by atoms with Crippen LogP contribution in [0.2, 0.25) is 5.02 Å². The van der Waals surface area contributed by atoms with Gasteiger partial charge >= 0.3 is 5.97 Å². The number of carbonyl (C=O) groups is 1. The predicted molar refractivity (Wildman–Crippen MR) is 85.9 cm³/mol. The number of hydrogen-bond donors (Lipinski definition) is 0. The summed E-state index contributed by atoms with van der Waals surface area (Å²) in [6, 6.07) is 7.95. The van der Waals surface area contributed by atoms with Gasteiger partial charge < -0.3 is 9.64 Å². The number of methoxy groups -OCH3 is 1. The summed E-state index contributed by atoms with van der Waals surface area (Å²) < 4.78 is 4.69. The van der Waals surface area contributed by atoms with E-state index in [9.17, 15) is 4.79 Å². The molecule has 0 unspecified atom stereocenters. The minimum Gasteiger partial charge on any atom is -0.466 e. The number of piperazine rings is 1. The van der Waals surface area contributed by atoms with Gasteiger partial charge in [0.15, 0.2) is 0 Å². The van der Waals surface area contributed by atoms with Crippen LogP contribution in [-0.2, 0) is 9.53 Å². The Morgan fingerprint density at radius 1 is 1.33 bits per heavy atom. The van der Waals surface area contributed by atoms with E-state index in [2.05, 4.69) is 15.9 Å². The Bertz CT molecular complexity index is 523. The second kappa shape index (κ2) is 7.48. The molecule has 1 saturated heterocycles. The van der Waals surface area contributed by atoms with Gasteiger partial charge in [0.2, 0.25) is 0 Å². The van der Waals surface area contributed by atoms with Gasteiger partial charge in [0.05, 0.1) is 7.11 Å². The van der Waals surface area contributed by atoms with Crippen LogP contribution in [0.15, 0.2) is 35.9 Å². The zero-order valence-electron chi connectivity index (χ0n) is 12.5. The molecule has 1 heterocycles. The van der Waals surface area contributed by atoms with Crippen LogP contribution in [0.1, 0.15) is 6.92 Å². The third-order valence-corrected chi connectivity index (χ3v) is 3.94. The van der Waals surface area contributed by atoms with Crippen LogP contribution < -0.4 is 4.90 Å². The van der Waals surface area contributed by atoms with Crippen LogP contribution in [-0.4, -0.2) is 50.7 Å². The van der Waals surface area contributed by atoms with Gasteiger partial charge in [-0.05, 0) is 25.1 Å². The summed E-state index contributed by atoms with van der Waals surface area (Å²) in [5, 5.41) is 0.770. The van der Waals surface area contributed by atoms with Crippen molar-refractivity contribution >= 4 is 23.3 Å². The Balaban J connectivity index is 1.85. The van der Waals surface area contributed by atoms with Crippen molar-refractivity contribution < 1.29 is 9.53 Å². The number of halogens is 1. The van der Waals surface area contributed by atoms with E-state index < -0.39 is 0 Å². The van der Waals surface area contributed by atoms with Crippen molar-refractivity contribution in [3.05, 3.63) is 40.9 Å². The predicted octanol–water partition coefficient (Wildman–Crippen LogP) is 2.58. The minimum absolute atomic E-state index is 0.257. The van der Waals surface area contributed by atoms with E-state index in [1.807, 2.05) is 24.3 Å². The SMILES string of the molecule is COC(=O)C(C)=CCN1CCN(c2cccc(Cl)c2)CC1. The molecular weight excluding hydrogens is 288 g/mol. The van der Waals surface area contributed by atoms with E-state index in [4.69, 9.17) is 16.3 Å². The van der Waals surface area contributed by atoms with Crippen molar-refractivity contribution in [2.45, 2.75) is 6.92 Å². The van der Waals surface area contributed by atoms with Crippen molar-refractivity contribution in [3.8, 4) is 0 Å². The highest BCUT2D eigenvalue weighted by Crippen LogP contribution is 2.20. The Morgan fingerprint density at radius 2 is 2.05 bits per heavy atom. The third-order valence-electron chi connectivity index (χ3n) is 3.71. The molecule has 0 radical (unpaired) electrons. The second-order valence-electron chi connectivity index (χ2n) is 5.15. The summed E-state index contributed by atoms with van der Waals surface area (Å²) in [6.07, 6.45) is 1.93. The molecule has 0 aliphatic carbocycles. The van der Waals surface area contributed by atoms with Gasteiger partial charge in [0.1, 0.15) is 0 Å². The minimum atomic E-state index is -0.257. The second-order valence-corrected chi connectivity index (χ2v) is 5.58. The first kappa shape index (κ1) is 15.9. The molecule has 4 nitrogen and oxygen atoms in total. The average molecular weight is 309 g/mol. The Kier molecular flexibility index (Phi) is 5.65. The highest BCUT2D eigenvalue weighted by Gasteiger charge is 2.16. The zero-order valence-corrected chi connectivity index (χ0v) is 13.3. The molecule has 1 aliphatic heterocycles. The van der Waals surface area contributed by atoms with Gasteiger partial charge in [0, 0.05) is 49.0 Å². The smallest absolute Gasteiger partial charge is 0.333 e. The number of hydrogen-bond acceptors (Lipinski definition) is 4. The van der Waals surface area contributed by atoms with E-state index in [-0.39, 0.29) is 5.97 Å². The zero-order chi connectivity index (χ0) is 15.2. The Labute approximate surface area is 130 Å². The lowest BCUT2D eigenvalue weighted by Crippen LogP contribution is -2.46. The molecule has 1 aliphatic rings. The molecule has 0 saturated carbocycles. The standard InChI is InChI=1S/C16H21ClN2O2/c1-13(16(20)21-2)6-7-18-8-10-19(11-9-18)15-5-3-4-14(17)12-15/h3-6,12H,7-11H2,1-2H3. The molecule has 0 atom stereocenters. The van der Waals surface area contributed by atoms with Crippen molar-refractivity contribution in [1.29, 1.82) is 0 Å². The van der Waals surface area contributed by atoms with E-state index in [1.165, 1.54) is 12.8 Å².